The summed E-state index contributed by atoms with van der Waals surface area (Å²) in [6.07, 6.45) is 0.139. The Morgan fingerprint density at radius 3 is 2.71 bits per heavy atom. The third kappa shape index (κ3) is 3.08. The van der Waals surface area contributed by atoms with E-state index in [-0.39, 0.29) is 6.42 Å². The molecule has 1 aromatic carbocycles. The smallest absolute Gasteiger partial charge is 0.302 e. The Labute approximate surface area is 122 Å². The number of hydrogen-bond acceptors (Lipinski definition) is 5. The molecule has 0 fully saturated rings. The summed E-state index contributed by atoms with van der Waals surface area (Å²) >= 11 is 0. The Balaban J connectivity index is 2.42. The summed E-state index contributed by atoms with van der Waals surface area (Å²) in [7, 11) is 2.77. The predicted molar refractivity (Wildman–Crippen MR) is 75.3 cm³/mol. The number of methoxy groups -OCH3 is 2. The SMILES string of the molecule is COC(=O)[C@@H]1Cc2cc(N)c(OC)cc2C(CC(=O)O)[N-]1. The first kappa shape index (κ1) is 15.1. The molecular weight excluding hydrogens is 276 g/mol. The van der Waals surface area contributed by atoms with E-state index in [9.17, 15) is 9.59 Å². The fourth-order valence-electron chi connectivity index (χ4n) is 2.49. The van der Waals surface area contributed by atoms with E-state index in [2.05, 4.69) is 5.32 Å². The average molecular weight is 293 g/mol. The van der Waals surface area contributed by atoms with Crippen LogP contribution in [0.3, 0.4) is 0 Å². The molecule has 0 aliphatic carbocycles. The van der Waals surface area contributed by atoms with E-state index >= 15 is 0 Å². The second-order valence-electron chi connectivity index (χ2n) is 4.80. The van der Waals surface area contributed by atoms with Crippen LogP contribution in [-0.4, -0.2) is 37.3 Å². The number of carboxylic acids is 1. The van der Waals surface area contributed by atoms with Gasteiger partial charge in [-0.05, 0) is 30.2 Å². The van der Waals surface area contributed by atoms with Gasteiger partial charge in [0.2, 0.25) is 0 Å². The van der Waals surface area contributed by atoms with Crippen molar-refractivity contribution >= 4 is 17.6 Å². The maximum Gasteiger partial charge on any atom is 0.302 e. The van der Waals surface area contributed by atoms with Gasteiger partial charge in [0.25, 0.3) is 5.97 Å². The van der Waals surface area contributed by atoms with Crippen molar-refractivity contribution in [2.45, 2.75) is 24.9 Å². The monoisotopic (exact) mass is 293 g/mol. The zero-order valence-corrected chi connectivity index (χ0v) is 11.8. The summed E-state index contributed by atoms with van der Waals surface area (Å²) < 4.78 is 9.85. The van der Waals surface area contributed by atoms with Gasteiger partial charge in [-0.1, -0.05) is 11.6 Å². The molecule has 21 heavy (non-hydrogen) atoms. The fraction of sp³-hybridized carbons (Fsp3) is 0.429. The van der Waals surface area contributed by atoms with Crippen LogP contribution in [0.15, 0.2) is 12.1 Å². The molecule has 7 nitrogen and oxygen atoms in total. The molecule has 1 aliphatic rings. The summed E-state index contributed by atoms with van der Waals surface area (Å²) in [5.41, 5.74) is 7.83. The number of benzene rings is 1. The lowest BCUT2D eigenvalue weighted by Gasteiger charge is -2.43. The Hall–Kier alpha value is -2.28. The Bertz CT molecular complexity index is 573. The number of anilines is 1. The minimum atomic E-state index is -0.990. The molecule has 2 atom stereocenters. The van der Waals surface area contributed by atoms with E-state index in [1.165, 1.54) is 14.2 Å². The van der Waals surface area contributed by atoms with Gasteiger partial charge in [0.1, 0.15) is 5.75 Å². The van der Waals surface area contributed by atoms with Crippen molar-refractivity contribution in [2.75, 3.05) is 20.0 Å². The molecule has 0 saturated carbocycles. The van der Waals surface area contributed by atoms with E-state index in [0.717, 1.165) is 11.1 Å². The number of hydrogen-bond donors (Lipinski definition) is 2. The molecule has 1 aliphatic heterocycles. The van der Waals surface area contributed by atoms with Gasteiger partial charge in [-0.2, -0.15) is 0 Å². The molecule has 0 spiro atoms. The molecule has 1 aromatic rings. The lowest BCUT2D eigenvalue weighted by atomic mass is 9.88. The van der Waals surface area contributed by atoms with Crippen molar-refractivity contribution in [1.29, 1.82) is 0 Å². The van der Waals surface area contributed by atoms with E-state index in [1.54, 1.807) is 12.1 Å². The van der Waals surface area contributed by atoms with Crippen molar-refractivity contribution in [2.24, 2.45) is 0 Å². The van der Waals surface area contributed by atoms with E-state index < -0.39 is 24.0 Å². The maximum absolute atomic E-state index is 11.7. The molecule has 1 unspecified atom stereocenters. The van der Waals surface area contributed by atoms with Crippen LogP contribution in [0.5, 0.6) is 5.75 Å². The van der Waals surface area contributed by atoms with Gasteiger partial charge in [0, 0.05) is 6.42 Å². The van der Waals surface area contributed by atoms with E-state index in [4.69, 9.17) is 20.3 Å². The molecule has 0 amide bonds. The minimum Gasteiger partial charge on any atom is -0.643 e. The number of aliphatic carboxylic acids is 1. The fourth-order valence-corrected chi connectivity index (χ4v) is 2.49. The van der Waals surface area contributed by atoms with E-state index in [0.29, 0.717) is 17.9 Å². The second-order valence-corrected chi connectivity index (χ2v) is 4.80. The topological polar surface area (TPSA) is 113 Å². The molecule has 7 heteroatoms. The van der Waals surface area contributed by atoms with Gasteiger partial charge in [-0.3, -0.25) is 9.59 Å². The molecular formula is C14H17N2O5-. The van der Waals surface area contributed by atoms with Crippen molar-refractivity contribution in [3.63, 3.8) is 0 Å². The highest BCUT2D eigenvalue weighted by Gasteiger charge is 2.24. The van der Waals surface area contributed by atoms with Gasteiger partial charge in [-0.15, -0.1) is 0 Å². The first-order valence-electron chi connectivity index (χ1n) is 6.42. The third-order valence-electron chi connectivity index (χ3n) is 3.46. The molecule has 114 valence electrons. The number of ether oxygens (including phenoxy) is 2. The largest absolute Gasteiger partial charge is 0.643 e. The van der Waals surface area contributed by atoms with Crippen LogP contribution < -0.4 is 10.5 Å². The standard InChI is InChI=1S/C14H17N2O5/c1-20-12-5-8-7(3-9(12)15)4-11(14(19)21-2)16-10(8)6-13(17)18/h3,5,10-11H,4,6,15H2,1-2H3,(H,17,18)/q-1/t10?,11-/m0/s1. The van der Waals surface area contributed by atoms with Crippen LogP contribution in [0, 0.1) is 0 Å². The number of rotatable bonds is 4. The minimum absolute atomic E-state index is 0.201. The van der Waals surface area contributed by atoms with Crippen LogP contribution >= 0.6 is 0 Å². The molecule has 0 saturated heterocycles. The normalized spacial score (nSPS) is 20.5. The highest BCUT2D eigenvalue weighted by molar-refractivity contribution is 5.81. The number of carbonyl (C=O) groups excluding carboxylic acids is 1. The van der Waals surface area contributed by atoms with Crippen LogP contribution in [-0.2, 0) is 20.7 Å². The quantitative estimate of drug-likeness (QED) is 0.638. The summed E-state index contributed by atoms with van der Waals surface area (Å²) in [5.74, 6) is -1.00. The number of fused-ring (bicyclic) bond motifs is 1. The molecule has 0 aromatic heterocycles. The van der Waals surface area contributed by atoms with Crippen molar-refractivity contribution < 1.29 is 24.2 Å². The first-order chi connectivity index (χ1) is 9.96. The number of carboxylic acid groups (broad SMARTS) is 1. The van der Waals surface area contributed by atoms with Crippen LogP contribution in [0.2, 0.25) is 0 Å². The van der Waals surface area contributed by atoms with Gasteiger partial charge in [-0.25, -0.2) is 0 Å². The average Bonchev–Trinajstić information content (AvgIpc) is 2.44. The second kappa shape index (κ2) is 6.01. The van der Waals surface area contributed by atoms with Crippen molar-refractivity contribution in [3.05, 3.63) is 28.6 Å². The van der Waals surface area contributed by atoms with Gasteiger partial charge in [0.05, 0.1) is 19.9 Å². The highest BCUT2D eigenvalue weighted by atomic mass is 16.5. The first-order valence-corrected chi connectivity index (χ1v) is 6.42. The van der Waals surface area contributed by atoms with Crippen molar-refractivity contribution in [3.8, 4) is 5.75 Å². The highest BCUT2D eigenvalue weighted by Crippen LogP contribution is 2.41. The van der Waals surface area contributed by atoms with E-state index in [1.807, 2.05) is 0 Å². The number of esters is 1. The van der Waals surface area contributed by atoms with Crippen LogP contribution in [0.4, 0.5) is 5.69 Å². The maximum atomic E-state index is 11.7. The lowest BCUT2D eigenvalue weighted by molar-refractivity contribution is -0.142. The number of carbonyl (C=O) groups is 2. The summed E-state index contributed by atoms with van der Waals surface area (Å²) in [5, 5.41) is 13.3. The van der Waals surface area contributed by atoms with Gasteiger partial charge < -0.3 is 25.6 Å². The van der Waals surface area contributed by atoms with Crippen molar-refractivity contribution in [1.82, 2.24) is 0 Å². The Kier molecular flexibility index (Phi) is 4.32. The number of nitrogen functional groups attached to an aromatic ring is 1. The molecule has 0 bridgehead atoms. The Morgan fingerprint density at radius 2 is 2.14 bits per heavy atom. The third-order valence-corrected chi connectivity index (χ3v) is 3.46. The summed E-state index contributed by atoms with van der Waals surface area (Å²) in [6.45, 7) is 0. The Morgan fingerprint density at radius 1 is 1.43 bits per heavy atom. The van der Waals surface area contributed by atoms with Gasteiger partial charge >= 0.3 is 5.97 Å². The lowest BCUT2D eigenvalue weighted by Crippen LogP contribution is -2.30. The summed E-state index contributed by atoms with van der Waals surface area (Å²) in [4.78, 5) is 22.7. The zero-order valence-electron chi connectivity index (χ0n) is 11.8. The van der Waals surface area contributed by atoms with Gasteiger partial charge in [0.15, 0.2) is 0 Å². The van der Waals surface area contributed by atoms with Crippen LogP contribution in [0.25, 0.3) is 5.32 Å². The molecule has 0 radical (unpaired) electrons. The molecule has 3 N–H and O–H groups in total. The van der Waals surface area contributed by atoms with Crippen LogP contribution in [0.1, 0.15) is 23.6 Å². The summed E-state index contributed by atoms with van der Waals surface area (Å²) in [6, 6.07) is 2.06. The molecule has 2 rings (SSSR count). The number of nitrogens with zero attached hydrogens (tertiary/aromatic N) is 1. The predicted octanol–water partition coefficient (Wildman–Crippen LogP) is 1.26. The molecule has 1 heterocycles. The zero-order chi connectivity index (χ0) is 15.6. The number of nitrogens with two attached hydrogens (primary N) is 1.